The second kappa shape index (κ2) is 2.31. The van der Waals surface area contributed by atoms with E-state index in [9.17, 15) is 0 Å². The van der Waals surface area contributed by atoms with Gasteiger partial charge in [0.25, 0.3) is 0 Å². The first-order valence-electron chi connectivity index (χ1n) is 2.96. The third kappa shape index (κ3) is 1.48. The van der Waals surface area contributed by atoms with Gasteiger partial charge in [-0.25, -0.2) is 0 Å². The van der Waals surface area contributed by atoms with Crippen LogP contribution in [0.15, 0.2) is 0 Å². The molecule has 0 aliphatic carbocycles. The van der Waals surface area contributed by atoms with Crippen LogP contribution < -0.4 is 5.32 Å². The van der Waals surface area contributed by atoms with Gasteiger partial charge in [-0.2, -0.15) is 0 Å². The van der Waals surface area contributed by atoms with E-state index in [-0.39, 0.29) is 0 Å². The number of nitrogens with one attached hydrogen (secondary N) is 1. The van der Waals surface area contributed by atoms with Crippen LogP contribution in [0.1, 0.15) is 19.8 Å². The van der Waals surface area contributed by atoms with Crippen LogP contribution in [0.4, 0.5) is 0 Å². The van der Waals surface area contributed by atoms with Crippen molar-refractivity contribution < 1.29 is 0 Å². The summed E-state index contributed by atoms with van der Waals surface area (Å²) in [6.45, 7) is 5.61. The average molecular weight is 98.2 g/mol. The lowest BCUT2D eigenvalue weighted by Crippen LogP contribution is -2.22. The van der Waals surface area contributed by atoms with Crippen molar-refractivity contribution in [2.75, 3.05) is 6.54 Å². The van der Waals surface area contributed by atoms with Crippen LogP contribution >= 0.6 is 0 Å². The molecule has 1 heteroatoms. The summed E-state index contributed by atoms with van der Waals surface area (Å²) in [5.41, 5.74) is 0. The first-order chi connectivity index (χ1) is 3.39. The Morgan fingerprint density at radius 1 is 1.71 bits per heavy atom. The monoisotopic (exact) mass is 98.1 g/mol. The molecular weight excluding hydrogens is 86.1 g/mol. The van der Waals surface area contributed by atoms with E-state index in [4.69, 9.17) is 0 Å². The Kier molecular flexibility index (Phi) is 1.69. The normalized spacial score (nSPS) is 33.0. The fraction of sp³-hybridized carbons (Fsp3) is 0.833. The first-order valence-corrected chi connectivity index (χ1v) is 2.96. The van der Waals surface area contributed by atoms with E-state index < -0.39 is 0 Å². The summed E-state index contributed by atoms with van der Waals surface area (Å²) in [5, 5.41) is 3.21. The van der Waals surface area contributed by atoms with Gasteiger partial charge in [0.15, 0.2) is 0 Å². The maximum Gasteiger partial charge on any atom is 0.0249 e. The van der Waals surface area contributed by atoms with E-state index in [1.54, 1.807) is 0 Å². The van der Waals surface area contributed by atoms with E-state index in [2.05, 4.69) is 18.8 Å². The topological polar surface area (TPSA) is 12.0 Å². The van der Waals surface area contributed by atoms with Gasteiger partial charge in [0.05, 0.1) is 0 Å². The molecule has 0 bridgehead atoms. The highest BCUT2D eigenvalue weighted by Crippen LogP contribution is 2.10. The Balaban J connectivity index is 2.12. The van der Waals surface area contributed by atoms with Crippen molar-refractivity contribution in [3.8, 4) is 0 Å². The van der Waals surface area contributed by atoms with Crippen molar-refractivity contribution in [3.05, 3.63) is 6.54 Å². The predicted molar refractivity (Wildman–Crippen MR) is 30.7 cm³/mol. The second-order valence-corrected chi connectivity index (χ2v) is 2.24. The van der Waals surface area contributed by atoms with Crippen LogP contribution in [-0.4, -0.2) is 6.54 Å². The van der Waals surface area contributed by atoms with Gasteiger partial charge in [-0.05, 0) is 25.3 Å². The van der Waals surface area contributed by atoms with E-state index in [0.717, 1.165) is 5.92 Å². The number of rotatable bonds is 0. The summed E-state index contributed by atoms with van der Waals surface area (Å²) in [5.74, 6) is 0.800. The molecule has 1 atom stereocenters. The minimum atomic E-state index is 0.800. The number of piperidine rings is 1. The standard InChI is InChI=1S/C6H12N/c1-6-3-2-4-7-5-6/h5-7H,2-4H2,1H3. The molecule has 1 nitrogen and oxygen atoms in total. The summed E-state index contributed by atoms with van der Waals surface area (Å²) in [4.78, 5) is 0. The average Bonchev–Trinajstić information content (AvgIpc) is 1.69. The molecule has 1 N–H and O–H groups in total. The largest absolute Gasteiger partial charge is 0.312 e. The van der Waals surface area contributed by atoms with Crippen molar-refractivity contribution in [1.29, 1.82) is 0 Å². The Bertz CT molecular complexity index is 46.1. The highest BCUT2D eigenvalue weighted by Gasteiger charge is 2.05. The first kappa shape index (κ1) is 5.10. The van der Waals surface area contributed by atoms with Crippen molar-refractivity contribution in [2.45, 2.75) is 19.8 Å². The Labute approximate surface area is 45.1 Å². The molecule has 1 aliphatic rings. The zero-order valence-corrected chi connectivity index (χ0v) is 4.78. The summed E-state index contributed by atoms with van der Waals surface area (Å²) in [6.07, 6.45) is 2.71. The molecular formula is C6H12N. The van der Waals surface area contributed by atoms with Gasteiger partial charge in [-0.3, -0.25) is 0 Å². The zero-order valence-electron chi connectivity index (χ0n) is 4.78. The minimum absolute atomic E-state index is 0.800. The molecule has 1 unspecified atom stereocenters. The molecule has 0 aromatic carbocycles. The maximum absolute atomic E-state index is 3.21. The van der Waals surface area contributed by atoms with E-state index >= 15 is 0 Å². The van der Waals surface area contributed by atoms with Crippen LogP contribution in [0, 0.1) is 12.5 Å². The van der Waals surface area contributed by atoms with Crippen LogP contribution in [-0.2, 0) is 0 Å². The Morgan fingerprint density at radius 2 is 2.57 bits per heavy atom. The summed E-state index contributed by atoms with van der Waals surface area (Å²) >= 11 is 0. The van der Waals surface area contributed by atoms with Gasteiger partial charge < -0.3 is 5.32 Å². The third-order valence-corrected chi connectivity index (χ3v) is 1.38. The molecule has 0 amide bonds. The van der Waals surface area contributed by atoms with Gasteiger partial charge in [0.1, 0.15) is 0 Å². The van der Waals surface area contributed by atoms with Gasteiger partial charge >= 0.3 is 0 Å². The molecule has 0 spiro atoms. The Hall–Kier alpha value is -0.0400. The van der Waals surface area contributed by atoms with Crippen molar-refractivity contribution in [1.82, 2.24) is 5.32 Å². The van der Waals surface area contributed by atoms with Gasteiger partial charge in [0.2, 0.25) is 0 Å². The van der Waals surface area contributed by atoms with Crippen molar-refractivity contribution in [2.24, 2.45) is 5.92 Å². The van der Waals surface area contributed by atoms with Crippen LogP contribution in [0.5, 0.6) is 0 Å². The Morgan fingerprint density at radius 3 is 2.86 bits per heavy atom. The third-order valence-electron chi connectivity index (χ3n) is 1.38. The SMILES string of the molecule is CC1[CH]NCCC1. The molecule has 0 saturated carbocycles. The van der Waals surface area contributed by atoms with Crippen molar-refractivity contribution in [3.63, 3.8) is 0 Å². The molecule has 41 valence electrons. The van der Waals surface area contributed by atoms with Gasteiger partial charge in [0, 0.05) is 6.54 Å². The number of hydrogen-bond donors (Lipinski definition) is 1. The van der Waals surface area contributed by atoms with Crippen LogP contribution in [0.3, 0.4) is 0 Å². The smallest absolute Gasteiger partial charge is 0.0249 e. The fourth-order valence-electron chi connectivity index (χ4n) is 0.894. The molecule has 1 saturated heterocycles. The summed E-state index contributed by atoms with van der Waals surface area (Å²) in [7, 11) is 0. The van der Waals surface area contributed by atoms with Gasteiger partial charge in [-0.1, -0.05) is 6.92 Å². The summed E-state index contributed by atoms with van der Waals surface area (Å²) in [6, 6.07) is 0. The molecule has 1 fully saturated rings. The molecule has 1 rings (SSSR count). The molecule has 7 heavy (non-hydrogen) atoms. The van der Waals surface area contributed by atoms with Crippen LogP contribution in [0.25, 0.3) is 0 Å². The maximum atomic E-state index is 3.21. The molecule has 0 aromatic heterocycles. The molecule has 1 heterocycles. The van der Waals surface area contributed by atoms with Gasteiger partial charge in [-0.15, -0.1) is 0 Å². The molecule has 1 aliphatic heterocycles. The lowest BCUT2D eigenvalue weighted by atomic mass is 10.0. The number of hydrogen-bond acceptors (Lipinski definition) is 1. The lowest BCUT2D eigenvalue weighted by Gasteiger charge is -2.16. The van der Waals surface area contributed by atoms with Crippen molar-refractivity contribution >= 4 is 0 Å². The fourth-order valence-corrected chi connectivity index (χ4v) is 0.894. The zero-order chi connectivity index (χ0) is 5.11. The predicted octanol–water partition coefficient (Wildman–Crippen LogP) is 1.17. The second-order valence-electron chi connectivity index (χ2n) is 2.24. The van der Waals surface area contributed by atoms with E-state index in [1.807, 2.05) is 0 Å². The lowest BCUT2D eigenvalue weighted by molar-refractivity contribution is 0.465. The van der Waals surface area contributed by atoms with E-state index in [0.29, 0.717) is 0 Å². The van der Waals surface area contributed by atoms with Crippen LogP contribution in [0.2, 0.25) is 0 Å². The molecule has 1 radical (unpaired) electrons. The highest BCUT2D eigenvalue weighted by atomic mass is 14.9. The highest BCUT2D eigenvalue weighted by molar-refractivity contribution is 4.74. The quantitative estimate of drug-likeness (QED) is 0.479. The minimum Gasteiger partial charge on any atom is -0.312 e. The van der Waals surface area contributed by atoms with E-state index in [1.165, 1.54) is 19.4 Å². The summed E-state index contributed by atoms with van der Waals surface area (Å²) < 4.78 is 0. The molecule has 0 aromatic rings.